The minimum absolute atomic E-state index is 0.0368. The molecule has 2 aliphatic rings. The molecule has 1 saturated heterocycles. The first kappa shape index (κ1) is 21.3. The van der Waals surface area contributed by atoms with Crippen molar-refractivity contribution in [1.82, 2.24) is 24.7 Å². The Kier molecular flexibility index (Phi) is 5.82. The molecule has 1 N–H and O–H groups in total. The molecule has 2 aliphatic heterocycles. The van der Waals surface area contributed by atoms with Crippen LogP contribution in [0, 0.1) is 0 Å². The molecule has 0 radical (unpaired) electrons. The minimum atomic E-state index is 0.0368. The zero-order valence-electron chi connectivity index (χ0n) is 19.2. The normalized spacial score (nSPS) is 17.2. The van der Waals surface area contributed by atoms with E-state index in [9.17, 15) is 4.79 Å². The van der Waals surface area contributed by atoms with E-state index in [0.29, 0.717) is 12.6 Å². The maximum absolute atomic E-state index is 12.1. The molecule has 8 heteroatoms. The van der Waals surface area contributed by atoms with Crippen LogP contribution in [0.25, 0.3) is 16.0 Å². The number of amides is 2. The molecule has 2 amide bonds. The summed E-state index contributed by atoms with van der Waals surface area (Å²) in [4.78, 5) is 21.8. The van der Waals surface area contributed by atoms with E-state index >= 15 is 0 Å². The second kappa shape index (κ2) is 8.75. The van der Waals surface area contributed by atoms with Gasteiger partial charge in [-0.15, -0.1) is 11.3 Å². The second-order valence-electron chi connectivity index (χ2n) is 8.96. The van der Waals surface area contributed by atoms with Crippen LogP contribution in [0.15, 0.2) is 30.6 Å². The maximum atomic E-state index is 12.1. The number of piperazine rings is 1. The molecule has 5 heterocycles. The molecule has 170 valence electrons. The number of fused-ring (bicyclic) bond motifs is 2. The molecule has 5 rings (SSSR count). The lowest BCUT2D eigenvalue weighted by Crippen LogP contribution is -2.51. The third-order valence-electron chi connectivity index (χ3n) is 6.65. The van der Waals surface area contributed by atoms with Gasteiger partial charge in [0.25, 0.3) is 0 Å². The Morgan fingerprint density at radius 2 is 2.00 bits per heavy atom. The fourth-order valence-electron chi connectivity index (χ4n) is 4.74. The largest absolute Gasteiger partial charge is 0.366 e. The molecule has 1 fully saturated rings. The number of rotatable bonds is 4. The van der Waals surface area contributed by atoms with Crippen LogP contribution in [-0.4, -0.2) is 70.8 Å². The predicted molar refractivity (Wildman–Crippen MR) is 131 cm³/mol. The van der Waals surface area contributed by atoms with Crippen LogP contribution >= 0.6 is 11.3 Å². The topological polar surface area (TPSA) is 56.1 Å². The van der Waals surface area contributed by atoms with Gasteiger partial charge in [-0.25, -0.2) is 9.31 Å². The van der Waals surface area contributed by atoms with Crippen LogP contribution in [0.2, 0.25) is 0 Å². The minimum Gasteiger partial charge on any atom is -0.366 e. The predicted octanol–water partition coefficient (Wildman–Crippen LogP) is 3.68. The smallest absolute Gasteiger partial charge is 0.317 e. The number of urea groups is 1. The molecule has 32 heavy (non-hydrogen) atoms. The Balaban J connectivity index is 1.38. The van der Waals surface area contributed by atoms with Gasteiger partial charge in [0.05, 0.1) is 11.2 Å². The highest BCUT2D eigenvalue weighted by molar-refractivity contribution is 7.15. The summed E-state index contributed by atoms with van der Waals surface area (Å²) in [5.41, 5.74) is 5.06. The summed E-state index contributed by atoms with van der Waals surface area (Å²) in [6.45, 7) is 12.5. The van der Waals surface area contributed by atoms with Gasteiger partial charge in [-0.2, -0.15) is 5.10 Å². The van der Waals surface area contributed by atoms with Gasteiger partial charge < -0.3 is 15.1 Å². The molecular formula is C24H32N6OS. The first-order valence-corrected chi connectivity index (χ1v) is 12.5. The van der Waals surface area contributed by atoms with Gasteiger partial charge in [-0.1, -0.05) is 0 Å². The van der Waals surface area contributed by atoms with E-state index in [0.717, 1.165) is 51.2 Å². The van der Waals surface area contributed by atoms with Crippen molar-refractivity contribution in [2.45, 2.75) is 39.8 Å². The van der Waals surface area contributed by atoms with Crippen molar-refractivity contribution in [3.8, 4) is 10.4 Å². The highest BCUT2D eigenvalue weighted by atomic mass is 32.1. The van der Waals surface area contributed by atoms with E-state index in [4.69, 9.17) is 0 Å². The second-order valence-corrected chi connectivity index (χ2v) is 10.1. The average molecular weight is 453 g/mol. The molecule has 0 saturated carbocycles. The van der Waals surface area contributed by atoms with Crippen LogP contribution < -0.4 is 10.2 Å². The first-order valence-electron chi connectivity index (χ1n) is 11.6. The average Bonchev–Trinajstić information content (AvgIpc) is 3.42. The van der Waals surface area contributed by atoms with Crippen LogP contribution in [0.5, 0.6) is 0 Å². The van der Waals surface area contributed by atoms with Crippen LogP contribution in [0.4, 0.5) is 10.5 Å². The Bertz CT molecular complexity index is 1110. The summed E-state index contributed by atoms with van der Waals surface area (Å²) in [5.74, 6) is 0. The van der Waals surface area contributed by atoms with E-state index in [1.54, 1.807) is 0 Å². The molecule has 0 atom stereocenters. The molecule has 0 spiro atoms. The van der Waals surface area contributed by atoms with Crippen LogP contribution in [0.1, 0.15) is 31.2 Å². The van der Waals surface area contributed by atoms with Crippen molar-refractivity contribution in [2.75, 3.05) is 44.2 Å². The lowest BCUT2D eigenvalue weighted by Gasteiger charge is -2.36. The Morgan fingerprint density at radius 1 is 1.19 bits per heavy atom. The summed E-state index contributed by atoms with van der Waals surface area (Å²) in [7, 11) is 0. The summed E-state index contributed by atoms with van der Waals surface area (Å²) in [6, 6.07) is 7.38. The number of nitrogens with one attached hydrogen (secondary N) is 1. The third kappa shape index (κ3) is 3.97. The zero-order chi connectivity index (χ0) is 22.2. The Hall–Kier alpha value is -2.58. The standard InChI is InChI=1S/C24H32N6OS/c1-4-25-24(31)28-11-9-27(10-12-28)20-5-7-26-30-15-19(13-21(20)30)22-14-18-6-8-29(17(2)3)16-23(18)32-22/h5,7,13-15,17H,4,6,8-12,16H2,1-3H3,(H,25,31). The number of hydrogen-bond donors (Lipinski definition) is 1. The number of carbonyl (C=O) groups is 1. The highest BCUT2D eigenvalue weighted by Gasteiger charge is 2.24. The molecule has 3 aromatic rings. The number of anilines is 1. The van der Waals surface area contributed by atoms with Crippen molar-refractivity contribution in [1.29, 1.82) is 0 Å². The molecule has 0 bridgehead atoms. The van der Waals surface area contributed by atoms with Crippen molar-refractivity contribution in [3.05, 3.63) is 41.0 Å². The molecule has 0 aromatic carbocycles. The van der Waals surface area contributed by atoms with Crippen LogP contribution in [0.3, 0.4) is 0 Å². The van der Waals surface area contributed by atoms with Gasteiger partial charge >= 0.3 is 6.03 Å². The fraction of sp³-hybridized carbons (Fsp3) is 0.500. The molecule has 7 nitrogen and oxygen atoms in total. The van der Waals surface area contributed by atoms with Gasteiger partial charge in [-0.05, 0) is 51.0 Å². The molecule has 0 aliphatic carbocycles. The van der Waals surface area contributed by atoms with Crippen molar-refractivity contribution < 1.29 is 4.79 Å². The van der Waals surface area contributed by atoms with E-state index in [1.807, 2.05) is 33.9 Å². The number of carbonyl (C=O) groups excluding carboxylic acids is 1. The fourth-order valence-corrected chi connectivity index (χ4v) is 5.96. The summed E-state index contributed by atoms with van der Waals surface area (Å²) >= 11 is 1.93. The van der Waals surface area contributed by atoms with Gasteiger partial charge in [0.1, 0.15) is 0 Å². The highest BCUT2D eigenvalue weighted by Crippen LogP contribution is 2.37. The van der Waals surface area contributed by atoms with E-state index in [-0.39, 0.29) is 6.03 Å². The first-order chi connectivity index (χ1) is 15.5. The summed E-state index contributed by atoms with van der Waals surface area (Å²) in [6.07, 6.45) is 5.17. The SMILES string of the molecule is CCNC(=O)N1CCN(c2ccnn3cc(-c4cc5c(s4)CN(C(C)C)CC5)cc23)CC1. The summed E-state index contributed by atoms with van der Waals surface area (Å²) in [5, 5.41) is 7.48. The molecular weight excluding hydrogens is 420 g/mol. The number of nitrogens with zero attached hydrogens (tertiary/aromatic N) is 5. The van der Waals surface area contributed by atoms with E-state index in [2.05, 4.69) is 58.5 Å². The molecule has 0 unspecified atom stereocenters. The van der Waals surface area contributed by atoms with Crippen molar-refractivity contribution in [3.63, 3.8) is 0 Å². The number of aromatic nitrogens is 2. The van der Waals surface area contributed by atoms with Crippen molar-refractivity contribution >= 4 is 28.6 Å². The van der Waals surface area contributed by atoms with Gasteiger partial charge in [0.2, 0.25) is 0 Å². The number of thiophene rings is 1. The summed E-state index contributed by atoms with van der Waals surface area (Å²) < 4.78 is 2.00. The maximum Gasteiger partial charge on any atom is 0.317 e. The van der Waals surface area contributed by atoms with Gasteiger partial charge in [0, 0.05) is 79.6 Å². The lowest BCUT2D eigenvalue weighted by molar-refractivity contribution is 0.195. The van der Waals surface area contributed by atoms with Crippen molar-refractivity contribution in [2.24, 2.45) is 0 Å². The number of hydrogen-bond acceptors (Lipinski definition) is 5. The van der Waals surface area contributed by atoms with Crippen LogP contribution in [-0.2, 0) is 13.0 Å². The van der Waals surface area contributed by atoms with E-state index in [1.165, 1.54) is 26.6 Å². The quantitative estimate of drug-likeness (QED) is 0.656. The monoisotopic (exact) mass is 452 g/mol. The van der Waals surface area contributed by atoms with Gasteiger partial charge in [-0.3, -0.25) is 4.90 Å². The Morgan fingerprint density at radius 3 is 2.75 bits per heavy atom. The zero-order valence-corrected chi connectivity index (χ0v) is 20.0. The van der Waals surface area contributed by atoms with Gasteiger partial charge in [0.15, 0.2) is 0 Å². The van der Waals surface area contributed by atoms with E-state index < -0.39 is 0 Å². The lowest BCUT2D eigenvalue weighted by atomic mass is 10.1. The molecule has 3 aromatic heterocycles. The third-order valence-corrected chi connectivity index (χ3v) is 7.86. The Labute approximate surface area is 193 Å².